The van der Waals surface area contributed by atoms with Gasteiger partial charge in [0.1, 0.15) is 11.6 Å². The highest BCUT2D eigenvalue weighted by Gasteiger charge is 2.52. The summed E-state index contributed by atoms with van der Waals surface area (Å²) in [4.78, 5) is 15.6. The van der Waals surface area contributed by atoms with E-state index in [1.807, 2.05) is 13.0 Å². The number of benzene rings is 1. The van der Waals surface area contributed by atoms with Gasteiger partial charge in [0, 0.05) is 29.6 Å². The van der Waals surface area contributed by atoms with Crippen LogP contribution in [0.2, 0.25) is 0 Å². The Balaban J connectivity index is 2.05. The fourth-order valence-electron chi connectivity index (χ4n) is 2.61. The number of hydrogen-bond donors (Lipinski definition) is 1. The largest absolute Gasteiger partial charge is 0.493 e. The lowest BCUT2D eigenvalue weighted by atomic mass is 9.95. The van der Waals surface area contributed by atoms with Crippen molar-refractivity contribution >= 4 is 5.97 Å². The monoisotopic (exact) mass is 301 g/mol. The Bertz CT molecular complexity index is 726. The van der Waals surface area contributed by atoms with Crippen LogP contribution in [-0.2, 0) is 10.2 Å². The third-order valence-corrected chi connectivity index (χ3v) is 4.00. The van der Waals surface area contributed by atoms with E-state index in [1.165, 1.54) is 12.1 Å². The third-order valence-electron chi connectivity index (χ3n) is 4.00. The highest BCUT2D eigenvalue weighted by molar-refractivity contribution is 5.85. The molecule has 1 aliphatic carbocycles. The van der Waals surface area contributed by atoms with Gasteiger partial charge in [-0.2, -0.15) is 0 Å². The summed E-state index contributed by atoms with van der Waals surface area (Å²) in [7, 11) is 0. The number of aromatic nitrogens is 1. The maximum absolute atomic E-state index is 13.4. The number of pyridine rings is 1. The number of carboxylic acid groups (broad SMARTS) is 1. The average Bonchev–Trinajstić information content (AvgIpc) is 3.30. The molecule has 1 aromatic carbocycles. The van der Waals surface area contributed by atoms with Crippen molar-refractivity contribution in [3.8, 4) is 16.9 Å². The highest BCUT2D eigenvalue weighted by atomic mass is 19.1. The van der Waals surface area contributed by atoms with E-state index in [1.54, 1.807) is 18.5 Å². The average molecular weight is 301 g/mol. The minimum Gasteiger partial charge on any atom is -0.493 e. The van der Waals surface area contributed by atoms with Crippen LogP contribution in [0.25, 0.3) is 11.1 Å². The van der Waals surface area contributed by atoms with Crippen LogP contribution in [0, 0.1) is 5.82 Å². The molecule has 0 aliphatic heterocycles. The van der Waals surface area contributed by atoms with Crippen molar-refractivity contribution in [3.63, 3.8) is 0 Å². The molecule has 2 aromatic rings. The summed E-state index contributed by atoms with van der Waals surface area (Å²) in [5, 5.41) is 9.39. The summed E-state index contributed by atoms with van der Waals surface area (Å²) in [5.74, 6) is -0.766. The topological polar surface area (TPSA) is 59.4 Å². The maximum Gasteiger partial charge on any atom is 0.314 e. The maximum atomic E-state index is 13.4. The van der Waals surface area contributed by atoms with Crippen molar-refractivity contribution in [3.05, 3.63) is 48.0 Å². The normalized spacial score (nSPS) is 15.4. The van der Waals surface area contributed by atoms with Crippen molar-refractivity contribution in [1.82, 2.24) is 4.98 Å². The number of nitrogens with zero attached hydrogens (tertiary/aromatic N) is 1. The molecule has 1 heterocycles. The van der Waals surface area contributed by atoms with Gasteiger partial charge in [0.15, 0.2) is 0 Å². The van der Waals surface area contributed by atoms with Crippen molar-refractivity contribution < 1.29 is 19.0 Å². The molecule has 0 saturated heterocycles. The molecule has 1 fully saturated rings. The van der Waals surface area contributed by atoms with Gasteiger partial charge in [-0.05, 0) is 43.5 Å². The second-order valence-electron chi connectivity index (χ2n) is 5.42. The van der Waals surface area contributed by atoms with Crippen molar-refractivity contribution in [2.45, 2.75) is 25.2 Å². The first kappa shape index (κ1) is 14.5. The molecular formula is C17H16FNO3. The molecule has 22 heavy (non-hydrogen) atoms. The van der Waals surface area contributed by atoms with Gasteiger partial charge < -0.3 is 9.84 Å². The Labute approximate surface area is 127 Å². The lowest BCUT2D eigenvalue weighted by Crippen LogP contribution is -2.19. The van der Waals surface area contributed by atoms with Gasteiger partial charge >= 0.3 is 5.97 Å². The van der Waals surface area contributed by atoms with Crippen LogP contribution < -0.4 is 4.74 Å². The number of ether oxygens (including phenoxy) is 1. The van der Waals surface area contributed by atoms with Crippen LogP contribution >= 0.6 is 0 Å². The van der Waals surface area contributed by atoms with E-state index in [9.17, 15) is 14.3 Å². The summed E-state index contributed by atoms with van der Waals surface area (Å²) < 4.78 is 18.9. The van der Waals surface area contributed by atoms with E-state index in [4.69, 9.17) is 4.74 Å². The summed E-state index contributed by atoms with van der Waals surface area (Å²) in [6.07, 6.45) is 4.47. The molecule has 0 bridgehead atoms. The van der Waals surface area contributed by atoms with Crippen molar-refractivity contribution in [2.75, 3.05) is 6.61 Å². The summed E-state index contributed by atoms with van der Waals surface area (Å²) in [6, 6.07) is 6.12. The minimum atomic E-state index is -0.824. The van der Waals surface area contributed by atoms with E-state index in [-0.39, 0.29) is 5.82 Å². The van der Waals surface area contributed by atoms with Crippen LogP contribution in [0.15, 0.2) is 36.7 Å². The molecule has 0 spiro atoms. The van der Waals surface area contributed by atoms with Gasteiger partial charge in [0.2, 0.25) is 0 Å². The van der Waals surface area contributed by atoms with E-state index in [0.717, 1.165) is 5.56 Å². The standard InChI is InChI=1S/C17H16FNO3/c1-2-22-15-8-13(18)3-4-14(15)11-7-12(10-19-9-11)17(5-6-17)16(20)21/h3-4,7-10H,2,5-6H2,1H3,(H,20,21). The minimum absolute atomic E-state index is 0.375. The quantitative estimate of drug-likeness (QED) is 0.919. The fourth-order valence-corrected chi connectivity index (χ4v) is 2.61. The SMILES string of the molecule is CCOc1cc(F)ccc1-c1cncc(C2(C(=O)O)CC2)c1. The second kappa shape index (κ2) is 5.40. The lowest BCUT2D eigenvalue weighted by molar-refractivity contribution is -0.140. The first-order chi connectivity index (χ1) is 10.6. The molecule has 1 aromatic heterocycles. The van der Waals surface area contributed by atoms with Crippen LogP contribution in [0.1, 0.15) is 25.3 Å². The van der Waals surface area contributed by atoms with Gasteiger partial charge in [0.25, 0.3) is 0 Å². The molecule has 0 atom stereocenters. The third kappa shape index (κ3) is 2.43. The first-order valence-electron chi connectivity index (χ1n) is 7.18. The lowest BCUT2D eigenvalue weighted by Gasteiger charge is -2.14. The van der Waals surface area contributed by atoms with Crippen LogP contribution in [0.3, 0.4) is 0 Å². The number of rotatable bonds is 5. The van der Waals surface area contributed by atoms with E-state index >= 15 is 0 Å². The molecule has 1 aliphatic rings. The Hall–Kier alpha value is -2.43. The fraction of sp³-hybridized carbons (Fsp3) is 0.294. The number of carboxylic acids is 1. The van der Waals surface area contributed by atoms with E-state index < -0.39 is 11.4 Å². The summed E-state index contributed by atoms with van der Waals surface area (Å²) in [5.41, 5.74) is 1.31. The second-order valence-corrected chi connectivity index (χ2v) is 5.42. The molecule has 0 radical (unpaired) electrons. The van der Waals surface area contributed by atoms with Crippen LogP contribution in [0.5, 0.6) is 5.75 Å². The van der Waals surface area contributed by atoms with Gasteiger partial charge in [-0.25, -0.2) is 4.39 Å². The van der Waals surface area contributed by atoms with Crippen LogP contribution in [0.4, 0.5) is 4.39 Å². The Kier molecular flexibility index (Phi) is 3.56. The molecule has 4 nitrogen and oxygen atoms in total. The van der Waals surface area contributed by atoms with Crippen molar-refractivity contribution in [2.24, 2.45) is 0 Å². The zero-order valence-corrected chi connectivity index (χ0v) is 12.2. The Morgan fingerprint density at radius 3 is 2.77 bits per heavy atom. The molecule has 1 N–H and O–H groups in total. The number of aliphatic carboxylic acids is 1. The van der Waals surface area contributed by atoms with Gasteiger partial charge in [-0.15, -0.1) is 0 Å². The molecular weight excluding hydrogens is 285 g/mol. The van der Waals surface area contributed by atoms with Crippen LogP contribution in [-0.4, -0.2) is 22.7 Å². The van der Waals surface area contributed by atoms with Gasteiger partial charge in [-0.3, -0.25) is 9.78 Å². The summed E-state index contributed by atoms with van der Waals surface area (Å²) in [6.45, 7) is 2.25. The van der Waals surface area contributed by atoms with Crippen molar-refractivity contribution in [1.29, 1.82) is 0 Å². The Morgan fingerprint density at radius 2 is 2.14 bits per heavy atom. The number of carbonyl (C=O) groups is 1. The zero-order chi connectivity index (χ0) is 15.7. The highest BCUT2D eigenvalue weighted by Crippen LogP contribution is 2.49. The van der Waals surface area contributed by atoms with E-state index in [0.29, 0.717) is 36.3 Å². The smallest absolute Gasteiger partial charge is 0.314 e. The van der Waals surface area contributed by atoms with E-state index in [2.05, 4.69) is 4.98 Å². The van der Waals surface area contributed by atoms with Gasteiger partial charge in [0.05, 0.1) is 12.0 Å². The molecule has 0 amide bonds. The molecule has 5 heteroatoms. The molecule has 114 valence electrons. The number of halogens is 1. The predicted octanol–water partition coefficient (Wildman–Crippen LogP) is 3.40. The zero-order valence-electron chi connectivity index (χ0n) is 12.2. The molecule has 0 unspecified atom stereocenters. The van der Waals surface area contributed by atoms with Gasteiger partial charge in [-0.1, -0.05) is 0 Å². The predicted molar refractivity (Wildman–Crippen MR) is 79.3 cm³/mol. The molecule has 1 saturated carbocycles. The Morgan fingerprint density at radius 1 is 1.36 bits per heavy atom. The number of hydrogen-bond acceptors (Lipinski definition) is 3. The summed E-state index contributed by atoms with van der Waals surface area (Å²) >= 11 is 0. The first-order valence-corrected chi connectivity index (χ1v) is 7.18. The molecule has 3 rings (SSSR count).